The number of amides is 1. The van der Waals surface area contributed by atoms with E-state index in [1.54, 1.807) is 11.8 Å². The fourth-order valence-electron chi connectivity index (χ4n) is 4.33. The lowest BCUT2D eigenvalue weighted by Gasteiger charge is -2.37. The van der Waals surface area contributed by atoms with Gasteiger partial charge in [0.15, 0.2) is 5.82 Å². The number of benzene rings is 1. The molecule has 2 atom stereocenters. The summed E-state index contributed by atoms with van der Waals surface area (Å²) in [6, 6.07) is 5.54. The highest BCUT2D eigenvalue weighted by Gasteiger charge is 2.49. The Kier molecular flexibility index (Phi) is 5.67. The summed E-state index contributed by atoms with van der Waals surface area (Å²) in [7, 11) is 1.60. The van der Waals surface area contributed by atoms with Crippen LogP contribution in [0.4, 0.5) is 5.69 Å². The van der Waals surface area contributed by atoms with Gasteiger partial charge in [-0.2, -0.15) is 4.68 Å². The van der Waals surface area contributed by atoms with Crippen molar-refractivity contribution < 1.29 is 9.53 Å². The Balaban J connectivity index is 0.00000210. The first-order valence-electron chi connectivity index (χ1n) is 9.09. The number of ether oxygens (including phenoxy) is 1. The second-order valence-electron chi connectivity index (χ2n) is 7.21. The molecule has 2 N–H and O–H groups in total. The van der Waals surface area contributed by atoms with Crippen molar-refractivity contribution in [2.45, 2.75) is 32.6 Å². The Labute approximate surface area is 164 Å². The van der Waals surface area contributed by atoms with Crippen LogP contribution in [-0.4, -0.2) is 46.3 Å². The van der Waals surface area contributed by atoms with Crippen LogP contribution >= 0.6 is 12.4 Å². The molecule has 1 aromatic heterocycles. The predicted octanol–water partition coefficient (Wildman–Crippen LogP) is 2.12. The zero-order chi connectivity index (χ0) is 18.1. The number of carbonyl (C=O) groups is 1. The van der Waals surface area contributed by atoms with Crippen molar-refractivity contribution in [3.63, 3.8) is 0 Å². The summed E-state index contributed by atoms with van der Waals surface area (Å²) in [5, 5.41) is 18.2. The molecule has 146 valence electrons. The van der Waals surface area contributed by atoms with Crippen molar-refractivity contribution in [3.8, 4) is 11.4 Å². The lowest BCUT2D eigenvalue weighted by molar-refractivity contribution is -0.128. The van der Waals surface area contributed by atoms with Crippen molar-refractivity contribution in [1.82, 2.24) is 25.5 Å². The zero-order valence-corrected chi connectivity index (χ0v) is 16.4. The molecule has 4 rings (SSSR count). The molecule has 2 aromatic rings. The second kappa shape index (κ2) is 7.82. The first kappa shape index (κ1) is 19.6. The second-order valence-corrected chi connectivity index (χ2v) is 7.21. The highest BCUT2D eigenvalue weighted by atomic mass is 35.5. The Morgan fingerprint density at radius 3 is 3.00 bits per heavy atom. The van der Waals surface area contributed by atoms with Crippen molar-refractivity contribution >= 4 is 24.0 Å². The summed E-state index contributed by atoms with van der Waals surface area (Å²) in [5.74, 6) is 1.83. The SMILES string of the molecule is COc1ccc(NC(=O)[C@@]23CCCC[C@H]2CNC3)cc1-n1nnnc1C.Cl. The topological polar surface area (TPSA) is 94.0 Å². The van der Waals surface area contributed by atoms with E-state index in [0.717, 1.165) is 38.0 Å². The fraction of sp³-hybridized carbons (Fsp3) is 0.556. The van der Waals surface area contributed by atoms with Crippen LogP contribution in [0.25, 0.3) is 5.69 Å². The molecule has 1 aliphatic carbocycles. The number of anilines is 1. The summed E-state index contributed by atoms with van der Waals surface area (Å²) in [6.07, 6.45) is 4.40. The van der Waals surface area contributed by atoms with Crippen LogP contribution in [0.2, 0.25) is 0 Å². The maximum atomic E-state index is 13.2. The van der Waals surface area contributed by atoms with E-state index in [4.69, 9.17) is 4.74 Å². The lowest BCUT2D eigenvalue weighted by Crippen LogP contribution is -2.44. The fourth-order valence-corrected chi connectivity index (χ4v) is 4.33. The number of nitrogens with zero attached hydrogens (tertiary/aromatic N) is 4. The van der Waals surface area contributed by atoms with E-state index < -0.39 is 0 Å². The van der Waals surface area contributed by atoms with Gasteiger partial charge in [0, 0.05) is 12.2 Å². The van der Waals surface area contributed by atoms with Gasteiger partial charge in [-0.15, -0.1) is 17.5 Å². The Morgan fingerprint density at radius 2 is 2.26 bits per heavy atom. The van der Waals surface area contributed by atoms with Gasteiger partial charge in [-0.1, -0.05) is 12.8 Å². The third-order valence-corrected chi connectivity index (χ3v) is 5.78. The summed E-state index contributed by atoms with van der Waals surface area (Å²) in [5.41, 5.74) is 1.14. The largest absolute Gasteiger partial charge is 0.494 e. The predicted molar refractivity (Wildman–Crippen MR) is 104 cm³/mol. The van der Waals surface area contributed by atoms with E-state index in [0.29, 0.717) is 23.2 Å². The molecule has 0 bridgehead atoms. The molecule has 1 aliphatic heterocycles. The number of rotatable bonds is 4. The average Bonchev–Trinajstić information content (AvgIpc) is 3.28. The van der Waals surface area contributed by atoms with Gasteiger partial charge in [-0.05, 0) is 60.9 Å². The van der Waals surface area contributed by atoms with Gasteiger partial charge in [-0.3, -0.25) is 4.79 Å². The third kappa shape index (κ3) is 3.39. The summed E-state index contributed by atoms with van der Waals surface area (Å²) >= 11 is 0. The molecule has 1 saturated heterocycles. The standard InChI is InChI=1S/C18H24N6O2.ClH/c1-12-21-22-23-24(12)15-9-14(6-7-16(15)26-2)20-17(25)18-8-4-3-5-13(18)10-19-11-18;/h6-7,9,13,19H,3-5,8,10-11H2,1-2H3,(H,20,25);1H/t13-,18+;/m0./s1. The number of methoxy groups -OCH3 is 1. The number of fused-ring (bicyclic) bond motifs is 1. The van der Waals surface area contributed by atoms with Crippen LogP contribution in [0, 0.1) is 18.3 Å². The lowest BCUT2D eigenvalue weighted by atomic mass is 9.67. The smallest absolute Gasteiger partial charge is 0.232 e. The first-order chi connectivity index (χ1) is 12.6. The summed E-state index contributed by atoms with van der Waals surface area (Å²) in [6.45, 7) is 3.52. The summed E-state index contributed by atoms with van der Waals surface area (Å²) < 4.78 is 7.03. The normalized spacial score (nSPS) is 24.0. The number of carbonyl (C=O) groups excluding carboxylic acids is 1. The molecule has 0 unspecified atom stereocenters. The van der Waals surface area contributed by atoms with Crippen LogP contribution in [0.5, 0.6) is 5.75 Å². The quantitative estimate of drug-likeness (QED) is 0.827. The minimum Gasteiger partial charge on any atom is -0.494 e. The van der Waals surface area contributed by atoms with Gasteiger partial charge >= 0.3 is 0 Å². The van der Waals surface area contributed by atoms with Crippen LogP contribution < -0.4 is 15.4 Å². The third-order valence-electron chi connectivity index (χ3n) is 5.78. The van der Waals surface area contributed by atoms with E-state index in [1.165, 1.54) is 6.42 Å². The van der Waals surface area contributed by atoms with Gasteiger partial charge < -0.3 is 15.4 Å². The zero-order valence-electron chi connectivity index (χ0n) is 15.6. The van der Waals surface area contributed by atoms with Gasteiger partial charge in [0.1, 0.15) is 11.4 Å². The minimum atomic E-state index is -0.289. The molecule has 2 fully saturated rings. The maximum absolute atomic E-state index is 13.2. The molecule has 8 nitrogen and oxygen atoms in total. The van der Waals surface area contributed by atoms with Crippen LogP contribution in [0.3, 0.4) is 0 Å². The molecule has 0 radical (unpaired) electrons. The molecular weight excluding hydrogens is 368 g/mol. The van der Waals surface area contributed by atoms with Crippen molar-refractivity contribution in [1.29, 1.82) is 0 Å². The van der Waals surface area contributed by atoms with Crippen LogP contribution in [0.15, 0.2) is 18.2 Å². The highest BCUT2D eigenvalue weighted by molar-refractivity contribution is 5.96. The number of halogens is 1. The van der Waals surface area contributed by atoms with E-state index in [2.05, 4.69) is 26.2 Å². The molecule has 1 amide bonds. The molecule has 1 saturated carbocycles. The monoisotopic (exact) mass is 392 g/mol. The number of aromatic nitrogens is 4. The van der Waals surface area contributed by atoms with Crippen LogP contribution in [0.1, 0.15) is 31.5 Å². The first-order valence-corrected chi connectivity index (χ1v) is 9.09. The summed E-state index contributed by atoms with van der Waals surface area (Å²) in [4.78, 5) is 13.2. The van der Waals surface area contributed by atoms with Crippen molar-refractivity contribution in [3.05, 3.63) is 24.0 Å². The number of nitrogens with one attached hydrogen (secondary N) is 2. The van der Waals surface area contributed by atoms with Gasteiger partial charge in [0.05, 0.1) is 12.5 Å². The molecule has 0 spiro atoms. The van der Waals surface area contributed by atoms with E-state index in [1.807, 2.05) is 25.1 Å². The number of hydrogen-bond acceptors (Lipinski definition) is 6. The Bertz CT molecular complexity index is 826. The number of tetrazole rings is 1. The molecule has 1 aromatic carbocycles. The van der Waals surface area contributed by atoms with E-state index in [-0.39, 0.29) is 23.7 Å². The van der Waals surface area contributed by atoms with E-state index in [9.17, 15) is 4.79 Å². The van der Waals surface area contributed by atoms with Crippen molar-refractivity contribution in [2.75, 3.05) is 25.5 Å². The Morgan fingerprint density at radius 1 is 1.41 bits per heavy atom. The highest BCUT2D eigenvalue weighted by Crippen LogP contribution is 2.44. The molecule has 27 heavy (non-hydrogen) atoms. The number of aryl methyl sites for hydroxylation is 1. The Hall–Kier alpha value is -2.19. The van der Waals surface area contributed by atoms with Gasteiger partial charge in [0.2, 0.25) is 5.91 Å². The minimum absolute atomic E-state index is 0. The number of hydrogen-bond donors (Lipinski definition) is 2. The van der Waals surface area contributed by atoms with Crippen LogP contribution in [-0.2, 0) is 4.79 Å². The molecule has 9 heteroatoms. The maximum Gasteiger partial charge on any atom is 0.232 e. The van der Waals surface area contributed by atoms with Crippen molar-refractivity contribution in [2.24, 2.45) is 11.3 Å². The van der Waals surface area contributed by atoms with Gasteiger partial charge in [0.25, 0.3) is 0 Å². The molecule has 2 aliphatic rings. The molecule has 2 heterocycles. The van der Waals surface area contributed by atoms with Gasteiger partial charge in [-0.25, -0.2) is 0 Å². The van der Waals surface area contributed by atoms with E-state index >= 15 is 0 Å². The average molecular weight is 393 g/mol. The molecular formula is C18H25ClN6O2.